The maximum absolute atomic E-state index is 12.4. The third-order valence-electron chi connectivity index (χ3n) is 3.06. The Bertz CT molecular complexity index is 450. The molecule has 0 spiro atoms. The van der Waals surface area contributed by atoms with Crippen molar-refractivity contribution in [3.05, 3.63) is 23.8 Å². The highest BCUT2D eigenvalue weighted by molar-refractivity contribution is 6.21. The molecule has 1 fully saturated rings. The fourth-order valence-electron chi connectivity index (χ4n) is 2.05. The molecule has 0 bridgehead atoms. The molecule has 1 aromatic carbocycles. The molecular weight excluding hydrogens is 254 g/mol. The van der Waals surface area contributed by atoms with Crippen LogP contribution in [-0.2, 0) is 0 Å². The summed E-state index contributed by atoms with van der Waals surface area (Å²) in [6, 6.07) is 5.20. The van der Waals surface area contributed by atoms with Gasteiger partial charge in [-0.25, -0.2) is 0 Å². The van der Waals surface area contributed by atoms with Crippen LogP contribution in [0.4, 0.5) is 0 Å². The quantitative estimate of drug-likeness (QED) is 0.790. The van der Waals surface area contributed by atoms with E-state index in [0.29, 0.717) is 30.2 Å². The van der Waals surface area contributed by atoms with Gasteiger partial charge in [-0.1, -0.05) is 0 Å². The van der Waals surface area contributed by atoms with Gasteiger partial charge in [0.25, 0.3) is 5.91 Å². The van der Waals surface area contributed by atoms with Crippen molar-refractivity contribution in [1.29, 1.82) is 0 Å². The lowest BCUT2D eigenvalue weighted by atomic mass is 10.1. The highest BCUT2D eigenvalue weighted by Crippen LogP contribution is 2.27. The second kappa shape index (κ2) is 5.48. The summed E-state index contributed by atoms with van der Waals surface area (Å²) >= 11 is 6.02. The largest absolute Gasteiger partial charge is 0.497 e. The van der Waals surface area contributed by atoms with Gasteiger partial charge in [0.2, 0.25) is 0 Å². The first-order chi connectivity index (χ1) is 8.65. The van der Waals surface area contributed by atoms with Crippen molar-refractivity contribution >= 4 is 17.5 Å². The van der Waals surface area contributed by atoms with Crippen LogP contribution in [0.25, 0.3) is 0 Å². The van der Waals surface area contributed by atoms with Crippen molar-refractivity contribution in [1.82, 2.24) is 4.90 Å². The van der Waals surface area contributed by atoms with Crippen LogP contribution in [-0.4, -0.2) is 43.5 Å². The maximum atomic E-state index is 12.4. The minimum Gasteiger partial charge on any atom is -0.497 e. The van der Waals surface area contributed by atoms with Crippen LogP contribution in [0.3, 0.4) is 0 Å². The average molecular weight is 270 g/mol. The molecule has 0 radical (unpaired) electrons. The number of amides is 1. The first-order valence-electron chi connectivity index (χ1n) is 5.81. The molecule has 5 heteroatoms. The lowest BCUT2D eigenvalue weighted by molar-refractivity contribution is 0.0789. The number of halogens is 1. The number of benzene rings is 1. The molecule has 1 heterocycles. The molecule has 1 unspecified atom stereocenters. The number of alkyl halides is 1. The lowest BCUT2D eigenvalue weighted by Crippen LogP contribution is -2.29. The highest BCUT2D eigenvalue weighted by Gasteiger charge is 2.27. The Morgan fingerprint density at radius 3 is 2.72 bits per heavy atom. The molecule has 1 saturated heterocycles. The van der Waals surface area contributed by atoms with Gasteiger partial charge in [0.15, 0.2) is 0 Å². The molecule has 98 valence electrons. The summed E-state index contributed by atoms with van der Waals surface area (Å²) in [6.45, 7) is 1.27. The monoisotopic (exact) mass is 269 g/mol. The van der Waals surface area contributed by atoms with Gasteiger partial charge < -0.3 is 14.4 Å². The molecule has 1 atom stereocenters. The molecule has 4 nitrogen and oxygen atoms in total. The number of hydrogen-bond acceptors (Lipinski definition) is 3. The fourth-order valence-corrected chi connectivity index (χ4v) is 2.32. The van der Waals surface area contributed by atoms with E-state index < -0.39 is 0 Å². The molecule has 0 N–H and O–H groups in total. The van der Waals surface area contributed by atoms with E-state index in [1.54, 1.807) is 37.3 Å². The van der Waals surface area contributed by atoms with E-state index in [1.807, 2.05) is 0 Å². The SMILES string of the molecule is COc1ccc(OC)c(C(=O)N2CCC(Cl)C2)c1. The standard InChI is InChI=1S/C13H16ClNO3/c1-17-10-3-4-12(18-2)11(7-10)13(16)15-6-5-9(14)8-15/h3-4,7,9H,5-6,8H2,1-2H3. The number of methoxy groups -OCH3 is 2. The smallest absolute Gasteiger partial charge is 0.257 e. The van der Waals surface area contributed by atoms with Crippen molar-refractivity contribution in [2.75, 3.05) is 27.3 Å². The zero-order chi connectivity index (χ0) is 13.1. The zero-order valence-electron chi connectivity index (χ0n) is 10.5. The van der Waals surface area contributed by atoms with Crippen molar-refractivity contribution in [3.63, 3.8) is 0 Å². The minimum atomic E-state index is -0.0612. The number of carbonyl (C=O) groups is 1. The summed E-state index contributed by atoms with van der Waals surface area (Å²) in [5, 5.41) is 0.0468. The molecule has 0 aromatic heterocycles. The summed E-state index contributed by atoms with van der Waals surface area (Å²) in [5.41, 5.74) is 0.516. The van der Waals surface area contributed by atoms with Crippen LogP contribution < -0.4 is 9.47 Å². The number of ether oxygens (including phenoxy) is 2. The summed E-state index contributed by atoms with van der Waals surface area (Å²) in [4.78, 5) is 14.1. The molecule has 2 rings (SSSR count). The van der Waals surface area contributed by atoms with E-state index in [2.05, 4.69) is 0 Å². The summed E-state index contributed by atoms with van der Waals surface area (Å²) < 4.78 is 10.4. The van der Waals surface area contributed by atoms with Gasteiger partial charge in [0.1, 0.15) is 11.5 Å². The van der Waals surface area contributed by atoms with Crippen LogP contribution in [0.1, 0.15) is 16.8 Å². The zero-order valence-corrected chi connectivity index (χ0v) is 11.2. The van der Waals surface area contributed by atoms with E-state index in [0.717, 1.165) is 6.42 Å². The van der Waals surface area contributed by atoms with Crippen LogP contribution in [0.5, 0.6) is 11.5 Å². The highest BCUT2D eigenvalue weighted by atomic mass is 35.5. The lowest BCUT2D eigenvalue weighted by Gasteiger charge is -2.17. The Balaban J connectivity index is 2.27. The van der Waals surface area contributed by atoms with Crippen molar-refractivity contribution in [3.8, 4) is 11.5 Å². The molecule has 0 saturated carbocycles. The second-order valence-corrected chi connectivity index (χ2v) is 4.82. The average Bonchev–Trinajstić information content (AvgIpc) is 2.83. The van der Waals surface area contributed by atoms with E-state index in [9.17, 15) is 4.79 Å². The van der Waals surface area contributed by atoms with Crippen LogP contribution in [0.2, 0.25) is 0 Å². The van der Waals surface area contributed by atoms with Gasteiger partial charge in [0.05, 0.1) is 25.2 Å². The van der Waals surface area contributed by atoms with Crippen molar-refractivity contribution in [2.24, 2.45) is 0 Å². The van der Waals surface area contributed by atoms with Gasteiger partial charge in [-0.05, 0) is 24.6 Å². The first kappa shape index (κ1) is 13.0. The van der Waals surface area contributed by atoms with Gasteiger partial charge >= 0.3 is 0 Å². The number of carbonyl (C=O) groups excluding carboxylic acids is 1. The molecular formula is C13H16ClNO3. The van der Waals surface area contributed by atoms with E-state index in [1.165, 1.54) is 0 Å². The Hall–Kier alpha value is -1.42. The Kier molecular flexibility index (Phi) is 3.97. The maximum Gasteiger partial charge on any atom is 0.257 e. The van der Waals surface area contributed by atoms with E-state index >= 15 is 0 Å². The molecule has 1 amide bonds. The molecule has 18 heavy (non-hydrogen) atoms. The number of hydrogen-bond donors (Lipinski definition) is 0. The van der Waals surface area contributed by atoms with E-state index in [4.69, 9.17) is 21.1 Å². The minimum absolute atomic E-state index is 0.0468. The second-order valence-electron chi connectivity index (χ2n) is 4.20. The summed E-state index contributed by atoms with van der Waals surface area (Å²) in [5.74, 6) is 1.13. The number of nitrogens with zero attached hydrogens (tertiary/aromatic N) is 1. The molecule has 1 aromatic rings. The van der Waals surface area contributed by atoms with Crippen LogP contribution in [0.15, 0.2) is 18.2 Å². The number of likely N-dealkylation sites (tertiary alicyclic amines) is 1. The summed E-state index contributed by atoms with van der Waals surface area (Å²) in [6.07, 6.45) is 0.833. The predicted molar refractivity (Wildman–Crippen MR) is 69.7 cm³/mol. The Morgan fingerprint density at radius 1 is 1.39 bits per heavy atom. The van der Waals surface area contributed by atoms with E-state index in [-0.39, 0.29) is 11.3 Å². The predicted octanol–water partition coefficient (Wildman–Crippen LogP) is 2.16. The third kappa shape index (κ3) is 2.53. The van der Waals surface area contributed by atoms with Gasteiger partial charge in [-0.3, -0.25) is 4.79 Å². The third-order valence-corrected chi connectivity index (χ3v) is 3.41. The molecule has 1 aliphatic heterocycles. The first-order valence-corrected chi connectivity index (χ1v) is 6.24. The topological polar surface area (TPSA) is 38.8 Å². The Labute approximate surface area is 111 Å². The molecule has 0 aliphatic carbocycles. The molecule has 1 aliphatic rings. The Morgan fingerprint density at radius 2 is 2.17 bits per heavy atom. The summed E-state index contributed by atoms with van der Waals surface area (Å²) in [7, 11) is 3.12. The van der Waals surface area contributed by atoms with Crippen LogP contribution >= 0.6 is 11.6 Å². The van der Waals surface area contributed by atoms with Crippen molar-refractivity contribution in [2.45, 2.75) is 11.8 Å². The normalized spacial score (nSPS) is 18.8. The van der Waals surface area contributed by atoms with Gasteiger partial charge in [-0.2, -0.15) is 0 Å². The fraction of sp³-hybridized carbons (Fsp3) is 0.462. The van der Waals surface area contributed by atoms with Crippen molar-refractivity contribution < 1.29 is 14.3 Å². The number of rotatable bonds is 3. The van der Waals surface area contributed by atoms with Gasteiger partial charge in [0, 0.05) is 13.1 Å². The van der Waals surface area contributed by atoms with Crippen LogP contribution in [0, 0.1) is 0 Å². The van der Waals surface area contributed by atoms with Gasteiger partial charge in [-0.15, -0.1) is 11.6 Å².